The monoisotopic (exact) mass is 700 g/mol. The molecule has 6 heteroatoms. The third-order valence-electron chi connectivity index (χ3n) is 9.93. The molecular weight excluding hydrogens is 662 g/mol. The van der Waals surface area contributed by atoms with Gasteiger partial charge in [0.2, 0.25) is 0 Å². The molecule has 0 radical (unpaired) electrons. The maximum atomic E-state index is 11.5. The topological polar surface area (TPSA) is 56.1 Å². The first-order valence-electron chi connectivity index (χ1n) is 13.6. The molecule has 2 N–H and O–H groups in total. The Balaban J connectivity index is 1.10. The number of rotatable bonds is 6. The first-order chi connectivity index (χ1) is 16.8. The molecule has 7 rings (SSSR count). The lowest BCUT2D eigenvalue weighted by Crippen LogP contribution is -2.40. The van der Waals surface area contributed by atoms with Crippen molar-refractivity contribution in [1.29, 1.82) is 0 Å². The lowest BCUT2D eigenvalue weighted by molar-refractivity contribution is 0.112. The maximum Gasteiger partial charge on any atom is 0.0922 e. The van der Waals surface area contributed by atoms with Crippen molar-refractivity contribution in [2.75, 3.05) is 19.6 Å². The second-order valence-electron chi connectivity index (χ2n) is 12.3. The van der Waals surface area contributed by atoms with Crippen molar-refractivity contribution in [3.05, 3.63) is 42.6 Å². The van der Waals surface area contributed by atoms with Gasteiger partial charge in [0.1, 0.15) is 0 Å². The Morgan fingerprint density at radius 2 is 1.86 bits per heavy atom. The molecule has 4 bridgehead atoms. The number of allylic oxidation sites excluding steroid dienone is 4. The Bertz CT molecular complexity index is 995. The van der Waals surface area contributed by atoms with Crippen LogP contribution in [0.1, 0.15) is 51.9 Å². The van der Waals surface area contributed by atoms with Crippen molar-refractivity contribution < 1.29 is 10.2 Å². The van der Waals surface area contributed by atoms with Gasteiger partial charge in [-0.2, -0.15) is 0 Å². The average Bonchev–Trinajstić information content (AvgIpc) is 3.44. The molecule has 0 spiro atoms. The SMILES string of the molecule is CC1=CC(C=NCC2CCCN2CC2C=C(I)C=C(I)C2O)C(O)C(C23CC4CC(C2)C(C4)C3)=C1. The summed E-state index contributed by atoms with van der Waals surface area (Å²) in [5.74, 6) is 2.86. The van der Waals surface area contributed by atoms with Crippen LogP contribution < -0.4 is 0 Å². The van der Waals surface area contributed by atoms with Crippen molar-refractivity contribution in [1.82, 2.24) is 4.90 Å². The molecule has 4 saturated carbocycles. The lowest BCUT2D eigenvalue weighted by atomic mass is 9.62. The molecule has 7 atom stereocenters. The zero-order chi connectivity index (χ0) is 24.3. The molecule has 0 amide bonds. The maximum absolute atomic E-state index is 11.5. The molecule has 35 heavy (non-hydrogen) atoms. The highest BCUT2D eigenvalue weighted by Gasteiger charge is 2.58. The number of aliphatic hydroxyl groups is 2. The Morgan fingerprint density at radius 1 is 1.09 bits per heavy atom. The highest BCUT2D eigenvalue weighted by Crippen LogP contribution is 2.67. The van der Waals surface area contributed by atoms with Gasteiger partial charge >= 0.3 is 0 Å². The number of hydrogen-bond acceptors (Lipinski definition) is 4. The summed E-state index contributed by atoms with van der Waals surface area (Å²) in [4.78, 5) is 7.45. The fourth-order valence-electron chi connectivity index (χ4n) is 8.57. The molecule has 1 aliphatic heterocycles. The van der Waals surface area contributed by atoms with E-state index in [0.29, 0.717) is 6.04 Å². The fourth-order valence-corrected chi connectivity index (χ4v) is 10.8. The van der Waals surface area contributed by atoms with Gasteiger partial charge in [-0.05, 0) is 138 Å². The van der Waals surface area contributed by atoms with Crippen LogP contribution in [0.3, 0.4) is 0 Å². The molecule has 190 valence electrons. The Morgan fingerprint density at radius 3 is 2.60 bits per heavy atom. The molecule has 0 aromatic heterocycles. The molecule has 4 nitrogen and oxygen atoms in total. The molecule has 7 unspecified atom stereocenters. The molecule has 7 aliphatic rings. The molecule has 6 aliphatic carbocycles. The lowest BCUT2D eigenvalue weighted by Gasteiger charge is -2.44. The zero-order valence-electron chi connectivity index (χ0n) is 20.6. The van der Waals surface area contributed by atoms with E-state index in [2.05, 4.69) is 81.3 Å². The zero-order valence-corrected chi connectivity index (χ0v) is 24.9. The van der Waals surface area contributed by atoms with E-state index in [1.165, 1.54) is 53.3 Å². The smallest absolute Gasteiger partial charge is 0.0922 e. The van der Waals surface area contributed by atoms with Crippen molar-refractivity contribution >= 4 is 51.4 Å². The first kappa shape index (κ1) is 25.3. The Kier molecular flexibility index (Phi) is 7.17. The van der Waals surface area contributed by atoms with Gasteiger partial charge in [-0.3, -0.25) is 9.89 Å². The standard InChI is InChI=1S/C29H38I2N2O2/c1-17-5-21(27(34)25(6-17)29-11-18-7-19(12-29)20(8-18)13-29)14-32-15-24-3-2-4-33(24)16-22-9-23(30)10-26(31)28(22)35/h5-6,9-10,14,18-22,24,27-28,34-35H,2-4,7-8,11-13,15-16H2,1H3. The van der Waals surface area contributed by atoms with E-state index in [4.69, 9.17) is 4.99 Å². The van der Waals surface area contributed by atoms with E-state index >= 15 is 0 Å². The summed E-state index contributed by atoms with van der Waals surface area (Å²) in [7, 11) is 0. The third kappa shape index (κ3) is 4.81. The van der Waals surface area contributed by atoms with Gasteiger partial charge in [0.15, 0.2) is 0 Å². The van der Waals surface area contributed by atoms with Crippen LogP contribution in [0.5, 0.6) is 0 Å². The van der Waals surface area contributed by atoms with Gasteiger partial charge in [0, 0.05) is 37.8 Å². The Labute approximate surface area is 237 Å². The second-order valence-corrected chi connectivity index (χ2v) is 14.8. The quantitative estimate of drug-likeness (QED) is 0.271. The van der Waals surface area contributed by atoms with E-state index in [0.717, 1.165) is 47.4 Å². The van der Waals surface area contributed by atoms with Gasteiger partial charge in [0.25, 0.3) is 0 Å². The Hall–Kier alpha value is -0.0300. The molecule has 1 saturated heterocycles. The van der Waals surface area contributed by atoms with Crippen LogP contribution in [-0.4, -0.2) is 59.2 Å². The largest absolute Gasteiger partial charge is 0.388 e. The summed E-state index contributed by atoms with van der Waals surface area (Å²) < 4.78 is 2.26. The van der Waals surface area contributed by atoms with E-state index in [9.17, 15) is 10.2 Å². The van der Waals surface area contributed by atoms with E-state index in [1.807, 2.05) is 6.21 Å². The van der Waals surface area contributed by atoms with Crippen LogP contribution in [0.15, 0.2) is 47.6 Å². The van der Waals surface area contributed by atoms with Crippen molar-refractivity contribution in [3.63, 3.8) is 0 Å². The van der Waals surface area contributed by atoms with Crippen molar-refractivity contribution in [2.24, 2.45) is 40.0 Å². The van der Waals surface area contributed by atoms with Crippen LogP contribution in [0.25, 0.3) is 0 Å². The second kappa shape index (κ2) is 9.93. The summed E-state index contributed by atoms with van der Waals surface area (Å²) >= 11 is 4.63. The third-order valence-corrected chi connectivity index (χ3v) is 11.6. The van der Waals surface area contributed by atoms with Gasteiger partial charge < -0.3 is 10.2 Å². The minimum absolute atomic E-state index is 0.00655. The van der Waals surface area contributed by atoms with Crippen LogP contribution in [-0.2, 0) is 0 Å². The summed E-state index contributed by atoms with van der Waals surface area (Å²) in [6.45, 7) is 4.94. The molecule has 5 fully saturated rings. The summed E-state index contributed by atoms with van der Waals surface area (Å²) in [5, 5.41) is 22.2. The van der Waals surface area contributed by atoms with Crippen LogP contribution in [0, 0.1) is 35.0 Å². The number of aliphatic hydroxyl groups excluding tert-OH is 2. The highest BCUT2D eigenvalue weighted by molar-refractivity contribution is 14.1. The minimum Gasteiger partial charge on any atom is -0.388 e. The number of likely N-dealkylation sites (tertiary alicyclic amines) is 1. The van der Waals surface area contributed by atoms with E-state index in [-0.39, 0.29) is 17.3 Å². The van der Waals surface area contributed by atoms with E-state index in [1.54, 1.807) is 0 Å². The molecule has 0 aromatic carbocycles. The predicted octanol–water partition coefficient (Wildman–Crippen LogP) is 5.84. The summed E-state index contributed by atoms with van der Waals surface area (Å²) in [6, 6.07) is 0.425. The number of hydrogen-bond donors (Lipinski definition) is 2. The van der Waals surface area contributed by atoms with Gasteiger partial charge in [-0.15, -0.1) is 0 Å². The molecule has 0 aromatic rings. The first-order valence-corrected chi connectivity index (χ1v) is 15.7. The minimum atomic E-state index is -0.420. The number of halogens is 2. The van der Waals surface area contributed by atoms with Crippen molar-refractivity contribution in [2.45, 2.75) is 70.1 Å². The molecule has 1 heterocycles. The molecular formula is C29H38I2N2O2. The number of aliphatic imine (C=N–C) groups is 1. The average molecular weight is 700 g/mol. The van der Waals surface area contributed by atoms with E-state index < -0.39 is 12.2 Å². The number of nitrogens with zero attached hydrogens (tertiary/aromatic N) is 2. The predicted molar refractivity (Wildman–Crippen MR) is 159 cm³/mol. The fraction of sp³-hybridized carbons (Fsp3) is 0.690. The van der Waals surface area contributed by atoms with Crippen LogP contribution in [0.2, 0.25) is 0 Å². The van der Waals surface area contributed by atoms with Crippen LogP contribution in [0.4, 0.5) is 0 Å². The van der Waals surface area contributed by atoms with Gasteiger partial charge in [-0.25, -0.2) is 0 Å². The summed E-state index contributed by atoms with van der Waals surface area (Å²) in [6.07, 6.45) is 19.2. The summed E-state index contributed by atoms with van der Waals surface area (Å²) in [5.41, 5.74) is 2.87. The van der Waals surface area contributed by atoms with Gasteiger partial charge in [0.05, 0.1) is 18.8 Å². The van der Waals surface area contributed by atoms with Gasteiger partial charge in [-0.1, -0.05) is 23.8 Å². The van der Waals surface area contributed by atoms with Crippen molar-refractivity contribution in [3.8, 4) is 0 Å². The normalized spacial score (nSPS) is 45.2. The van der Waals surface area contributed by atoms with Crippen LogP contribution >= 0.6 is 45.2 Å². The highest BCUT2D eigenvalue weighted by atomic mass is 127.